The van der Waals surface area contributed by atoms with Gasteiger partial charge in [-0.05, 0) is 30.3 Å². The van der Waals surface area contributed by atoms with Crippen LogP contribution in [0.15, 0.2) is 79.1 Å². The zero-order valence-corrected chi connectivity index (χ0v) is 11.9. The number of anilines is 3. The highest BCUT2D eigenvalue weighted by atomic mass is 16.1. The molecule has 4 heteroatoms. The standard InChI is InChI=1S/C18H15N3O/c22-18(21-16-9-5-2-6-10-16)14-11-17(13-19-12-14)20-15-7-3-1-4-8-15/h1-13,20H,(H,21,22). The van der Waals surface area contributed by atoms with Crippen molar-refractivity contribution in [3.63, 3.8) is 0 Å². The molecule has 4 nitrogen and oxygen atoms in total. The number of nitrogens with zero attached hydrogens (tertiary/aromatic N) is 1. The van der Waals surface area contributed by atoms with Gasteiger partial charge in [0.15, 0.2) is 0 Å². The number of amides is 1. The van der Waals surface area contributed by atoms with Crippen LogP contribution in [0, 0.1) is 0 Å². The van der Waals surface area contributed by atoms with Crippen LogP contribution in [-0.4, -0.2) is 10.9 Å². The van der Waals surface area contributed by atoms with Crippen molar-refractivity contribution in [1.29, 1.82) is 0 Å². The highest BCUT2D eigenvalue weighted by Crippen LogP contribution is 2.17. The van der Waals surface area contributed by atoms with Crippen LogP contribution < -0.4 is 10.6 Å². The molecule has 108 valence electrons. The molecule has 1 amide bonds. The normalized spacial score (nSPS) is 10.0. The molecule has 3 rings (SSSR count). The van der Waals surface area contributed by atoms with E-state index in [2.05, 4.69) is 15.6 Å². The predicted molar refractivity (Wildman–Crippen MR) is 88.4 cm³/mol. The number of carbonyl (C=O) groups is 1. The van der Waals surface area contributed by atoms with Crippen molar-refractivity contribution in [2.45, 2.75) is 0 Å². The molecule has 0 saturated heterocycles. The molecule has 0 unspecified atom stereocenters. The zero-order valence-electron chi connectivity index (χ0n) is 11.9. The highest BCUT2D eigenvalue weighted by Gasteiger charge is 2.07. The van der Waals surface area contributed by atoms with E-state index in [0.717, 1.165) is 17.1 Å². The lowest BCUT2D eigenvalue weighted by molar-refractivity contribution is 0.102. The molecule has 1 heterocycles. The van der Waals surface area contributed by atoms with Crippen LogP contribution in [0.3, 0.4) is 0 Å². The van der Waals surface area contributed by atoms with Crippen molar-refractivity contribution in [2.75, 3.05) is 10.6 Å². The third kappa shape index (κ3) is 3.49. The van der Waals surface area contributed by atoms with E-state index in [1.165, 1.54) is 0 Å². The molecule has 2 N–H and O–H groups in total. The van der Waals surface area contributed by atoms with Crippen LogP contribution in [0.5, 0.6) is 0 Å². The second kappa shape index (κ2) is 6.54. The fourth-order valence-electron chi connectivity index (χ4n) is 2.05. The molecular formula is C18H15N3O. The second-order valence-corrected chi connectivity index (χ2v) is 4.77. The smallest absolute Gasteiger partial charge is 0.257 e. The number of benzene rings is 2. The number of pyridine rings is 1. The van der Waals surface area contributed by atoms with Gasteiger partial charge in [-0.15, -0.1) is 0 Å². The number of carbonyl (C=O) groups excluding carboxylic acids is 1. The molecule has 0 atom stereocenters. The van der Waals surface area contributed by atoms with Crippen molar-refractivity contribution in [3.8, 4) is 0 Å². The molecular weight excluding hydrogens is 274 g/mol. The van der Waals surface area contributed by atoms with Gasteiger partial charge in [0.1, 0.15) is 0 Å². The molecule has 1 aromatic heterocycles. The highest BCUT2D eigenvalue weighted by molar-refractivity contribution is 6.04. The van der Waals surface area contributed by atoms with Crippen molar-refractivity contribution < 1.29 is 4.79 Å². The van der Waals surface area contributed by atoms with E-state index in [4.69, 9.17) is 0 Å². The van der Waals surface area contributed by atoms with Crippen molar-refractivity contribution in [3.05, 3.63) is 84.7 Å². The third-order valence-corrected chi connectivity index (χ3v) is 3.09. The van der Waals surface area contributed by atoms with Crippen LogP contribution >= 0.6 is 0 Å². The Labute approximate surface area is 128 Å². The van der Waals surface area contributed by atoms with Gasteiger partial charge in [0.25, 0.3) is 5.91 Å². The first-order chi connectivity index (χ1) is 10.8. The van der Waals surface area contributed by atoms with E-state index in [9.17, 15) is 4.79 Å². The van der Waals surface area contributed by atoms with E-state index in [1.54, 1.807) is 18.5 Å². The topological polar surface area (TPSA) is 54.0 Å². The summed E-state index contributed by atoms with van der Waals surface area (Å²) in [4.78, 5) is 16.4. The first-order valence-electron chi connectivity index (χ1n) is 6.95. The monoisotopic (exact) mass is 289 g/mol. The third-order valence-electron chi connectivity index (χ3n) is 3.09. The lowest BCUT2D eigenvalue weighted by Crippen LogP contribution is -2.12. The molecule has 0 spiro atoms. The van der Waals surface area contributed by atoms with Gasteiger partial charge in [-0.2, -0.15) is 0 Å². The largest absolute Gasteiger partial charge is 0.354 e. The Balaban J connectivity index is 1.75. The van der Waals surface area contributed by atoms with Gasteiger partial charge < -0.3 is 10.6 Å². The van der Waals surface area contributed by atoms with Crippen molar-refractivity contribution in [1.82, 2.24) is 4.98 Å². The molecule has 22 heavy (non-hydrogen) atoms. The number of para-hydroxylation sites is 2. The Morgan fingerprint density at radius 3 is 2.09 bits per heavy atom. The number of hydrogen-bond donors (Lipinski definition) is 2. The molecule has 0 radical (unpaired) electrons. The summed E-state index contributed by atoms with van der Waals surface area (Å²) < 4.78 is 0. The maximum atomic E-state index is 12.2. The van der Waals surface area contributed by atoms with Crippen LogP contribution in [0.1, 0.15) is 10.4 Å². The first kappa shape index (κ1) is 13.8. The quantitative estimate of drug-likeness (QED) is 0.761. The second-order valence-electron chi connectivity index (χ2n) is 4.77. The first-order valence-corrected chi connectivity index (χ1v) is 6.95. The molecule has 0 aliphatic heterocycles. The molecule has 0 aliphatic carbocycles. The molecule has 0 bridgehead atoms. The summed E-state index contributed by atoms with van der Waals surface area (Å²) >= 11 is 0. The van der Waals surface area contributed by atoms with E-state index >= 15 is 0 Å². The van der Waals surface area contributed by atoms with Gasteiger partial charge in [-0.1, -0.05) is 36.4 Å². The summed E-state index contributed by atoms with van der Waals surface area (Å²) in [6, 6.07) is 20.9. The van der Waals surface area contributed by atoms with Crippen molar-refractivity contribution in [2.24, 2.45) is 0 Å². The van der Waals surface area contributed by atoms with Crippen LogP contribution in [0.4, 0.5) is 17.1 Å². The Hall–Kier alpha value is -3.14. The molecule has 3 aromatic rings. The maximum absolute atomic E-state index is 12.2. The summed E-state index contributed by atoms with van der Waals surface area (Å²) in [5.74, 6) is -0.185. The van der Waals surface area contributed by atoms with Gasteiger partial charge in [0, 0.05) is 17.6 Å². The van der Waals surface area contributed by atoms with E-state index < -0.39 is 0 Å². The molecule has 0 aliphatic rings. The van der Waals surface area contributed by atoms with Crippen LogP contribution in [0.2, 0.25) is 0 Å². The number of aromatic nitrogens is 1. The minimum atomic E-state index is -0.185. The zero-order chi connectivity index (χ0) is 15.2. The maximum Gasteiger partial charge on any atom is 0.257 e. The van der Waals surface area contributed by atoms with E-state index in [1.807, 2.05) is 60.7 Å². The fraction of sp³-hybridized carbons (Fsp3) is 0. The van der Waals surface area contributed by atoms with Gasteiger partial charge in [-0.25, -0.2) is 0 Å². The van der Waals surface area contributed by atoms with Gasteiger partial charge >= 0.3 is 0 Å². The molecule has 0 fully saturated rings. The van der Waals surface area contributed by atoms with Crippen LogP contribution in [-0.2, 0) is 0 Å². The SMILES string of the molecule is O=C(Nc1ccccc1)c1cncc(Nc2ccccc2)c1. The number of hydrogen-bond acceptors (Lipinski definition) is 3. The molecule has 2 aromatic carbocycles. The Morgan fingerprint density at radius 1 is 0.773 bits per heavy atom. The Morgan fingerprint density at radius 2 is 1.41 bits per heavy atom. The predicted octanol–water partition coefficient (Wildman–Crippen LogP) is 4.08. The van der Waals surface area contributed by atoms with E-state index in [-0.39, 0.29) is 5.91 Å². The van der Waals surface area contributed by atoms with Gasteiger partial charge in [-0.3, -0.25) is 9.78 Å². The lowest BCUT2D eigenvalue weighted by atomic mass is 10.2. The van der Waals surface area contributed by atoms with Gasteiger partial charge in [0.05, 0.1) is 17.4 Å². The average molecular weight is 289 g/mol. The fourth-order valence-corrected chi connectivity index (χ4v) is 2.05. The summed E-state index contributed by atoms with van der Waals surface area (Å²) in [6.07, 6.45) is 3.24. The van der Waals surface area contributed by atoms with Crippen molar-refractivity contribution >= 4 is 23.0 Å². The number of nitrogens with one attached hydrogen (secondary N) is 2. The Kier molecular flexibility index (Phi) is 4.11. The Bertz CT molecular complexity index is 758. The van der Waals surface area contributed by atoms with Crippen LogP contribution in [0.25, 0.3) is 0 Å². The van der Waals surface area contributed by atoms with E-state index in [0.29, 0.717) is 5.56 Å². The lowest BCUT2D eigenvalue weighted by Gasteiger charge is -2.08. The minimum Gasteiger partial charge on any atom is -0.354 e. The average Bonchev–Trinajstić information content (AvgIpc) is 2.57. The molecule has 0 saturated carbocycles. The summed E-state index contributed by atoms with van der Waals surface area (Å²) in [6.45, 7) is 0. The number of rotatable bonds is 4. The van der Waals surface area contributed by atoms with Gasteiger partial charge in [0.2, 0.25) is 0 Å². The summed E-state index contributed by atoms with van der Waals surface area (Å²) in [5.41, 5.74) is 2.98. The summed E-state index contributed by atoms with van der Waals surface area (Å²) in [5, 5.41) is 6.06. The summed E-state index contributed by atoms with van der Waals surface area (Å²) in [7, 11) is 0. The minimum absolute atomic E-state index is 0.185.